The molecule has 1 aromatic heterocycles. The molecular weight excluding hydrogens is 277 g/mol. The van der Waals surface area contributed by atoms with Crippen molar-refractivity contribution >= 4 is 51.9 Å². The first-order valence-electron chi connectivity index (χ1n) is 5.23. The number of aryl methyl sites for hydroxylation is 1. The number of benzene rings is 1. The highest BCUT2D eigenvalue weighted by molar-refractivity contribution is 7.98. The van der Waals surface area contributed by atoms with Gasteiger partial charge < -0.3 is 10.3 Å². The Morgan fingerprint density at radius 3 is 2.76 bits per heavy atom. The number of nitrogen functional groups attached to an aromatic ring is 1. The van der Waals surface area contributed by atoms with Crippen molar-refractivity contribution in [3.8, 4) is 0 Å². The number of imidazole rings is 1. The van der Waals surface area contributed by atoms with Crippen LogP contribution in [0, 0.1) is 0 Å². The molecule has 1 aromatic carbocycles. The van der Waals surface area contributed by atoms with E-state index in [0.29, 0.717) is 16.0 Å². The van der Waals surface area contributed by atoms with Gasteiger partial charge in [-0.2, -0.15) is 11.8 Å². The topological polar surface area (TPSA) is 43.8 Å². The number of nitrogens with two attached hydrogens (primary N) is 1. The van der Waals surface area contributed by atoms with Crippen LogP contribution in [0.1, 0.15) is 6.42 Å². The van der Waals surface area contributed by atoms with Gasteiger partial charge in [-0.15, -0.1) is 0 Å². The summed E-state index contributed by atoms with van der Waals surface area (Å²) in [5.41, 5.74) is 7.63. The number of anilines is 1. The number of hydrogen-bond donors (Lipinski definition) is 1. The Bertz CT molecular complexity index is 539. The first-order valence-corrected chi connectivity index (χ1v) is 7.38. The summed E-state index contributed by atoms with van der Waals surface area (Å²) in [5.74, 6) is 1.61. The fourth-order valence-electron chi connectivity index (χ4n) is 1.74. The van der Waals surface area contributed by atoms with Crippen LogP contribution in [0.3, 0.4) is 0 Å². The maximum absolute atomic E-state index is 6.01. The lowest BCUT2D eigenvalue weighted by Crippen LogP contribution is -2.04. The molecule has 0 aliphatic rings. The number of nitrogens with zero attached hydrogens (tertiary/aromatic N) is 2. The average Bonchev–Trinajstić information content (AvgIpc) is 2.57. The Morgan fingerprint density at radius 2 is 2.06 bits per heavy atom. The zero-order chi connectivity index (χ0) is 12.4. The molecule has 17 heavy (non-hydrogen) atoms. The van der Waals surface area contributed by atoms with E-state index >= 15 is 0 Å². The van der Waals surface area contributed by atoms with Gasteiger partial charge in [0.25, 0.3) is 0 Å². The van der Waals surface area contributed by atoms with E-state index < -0.39 is 0 Å². The van der Waals surface area contributed by atoms with E-state index in [0.717, 1.165) is 29.8 Å². The summed E-state index contributed by atoms with van der Waals surface area (Å²) < 4.78 is 1.98. The normalized spacial score (nSPS) is 11.2. The first kappa shape index (κ1) is 12.9. The van der Waals surface area contributed by atoms with Crippen molar-refractivity contribution < 1.29 is 0 Å². The molecule has 2 N–H and O–H groups in total. The third kappa shape index (κ3) is 2.64. The molecule has 0 unspecified atom stereocenters. The summed E-state index contributed by atoms with van der Waals surface area (Å²) in [6.07, 6.45) is 3.14. The van der Waals surface area contributed by atoms with E-state index in [1.165, 1.54) is 0 Å². The predicted molar refractivity (Wildman–Crippen MR) is 77.2 cm³/mol. The van der Waals surface area contributed by atoms with Gasteiger partial charge in [-0.25, -0.2) is 4.98 Å². The van der Waals surface area contributed by atoms with Crippen LogP contribution in [0.15, 0.2) is 12.1 Å². The van der Waals surface area contributed by atoms with Gasteiger partial charge >= 0.3 is 0 Å². The van der Waals surface area contributed by atoms with Crippen molar-refractivity contribution in [1.29, 1.82) is 0 Å². The van der Waals surface area contributed by atoms with Crippen LogP contribution in [0.2, 0.25) is 10.0 Å². The SMILES string of the molecule is CSCCCn1c(N)nc2cc(Cl)c(Cl)cc21. The van der Waals surface area contributed by atoms with Crippen LogP contribution < -0.4 is 5.73 Å². The van der Waals surface area contributed by atoms with E-state index in [1.54, 1.807) is 6.07 Å². The molecule has 0 fully saturated rings. The summed E-state index contributed by atoms with van der Waals surface area (Å²) in [5, 5.41) is 1.04. The minimum Gasteiger partial charge on any atom is -0.369 e. The molecule has 2 rings (SSSR count). The Morgan fingerprint density at radius 1 is 1.35 bits per heavy atom. The summed E-state index contributed by atoms with van der Waals surface area (Å²) in [6, 6.07) is 3.57. The second-order valence-corrected chi connectivity index (χ2v) is 5.52. The molecule has 0 bridgehead atoms. The molecule has 6 heteroatoms. The van der Waals surface area contributed by atoms with E-state index in [4.69, 9.17) is 28.9 Å². The highest BCUT2D eigenvalue weighted by atomic mass is 35.5. The molecule has 0 spiro atoms. The van der Waals surface area contributed by atoms with Gasteiger partial charge in [0.1, 0.15) is 0 Å². The molecule has 2 aromatic rings. The van der Waals surface area contributed by atoms with Gasteiger partial charge in [0.05, 0.1) is 21.1 Å². The highest BCUT2D eigenvalue weighted by Gasteiger charge is 2.10. The van der Waals surface area contributed by atoms with E-state index in [-0.39, 0.29) is 0 Å². The van der Waals surface area contributed by atoms with Gasteiger partial charge in [0.2, 0.25) is 5.95 Å². The largest absolute Gasteiger partial charge is 0.369 e. The van der Waals surface area contributed by atoms with E-state index in [9.17, 15) is 0 Å². The summed E-state index contributed by atoms with van der Waals surface area (Å²) >= 11 is 13.8. The second-order valence-electron chi connectivity index (χ2n) is 3.72. The fourth-order valence-corrected chi connectivity index (χ4v) is 2.47. The average molecular weight is 290 g/mol. The van der Waals surface area contributed by atoms with Gasteiger partial charge in [0.15, 0.2) is 0 Å². The molecule has 1 heterocycles. The van der Waals surface area contributed by atoms with Crippen LogP contribution in [0.25, 0.3) is 11.0 Å². The van der Waals surface area contributed by atoms with Crippen molar-refractivity contribution in [2.75, 3.05) is 17.7 Å². The molecule has 0 aliphatic carbocycles. The van der Waals surface area contributed by atoms with Crippen molar-refractivity contribution in [2.24, 2.45) is 0 Å². The number of fused-ring (bicyclic) bond motifs is 1. The Balaban J connectivity index is 2.40. The number of hydrogen-bond acceptors (Lipinski definition) is 3. The van der Waals surface area contributed by atoms with Crippen LogP contribution >= 0.6 is 35.0 Å². The number of thioether (sulfide) groups is 1. The van der Waals surface area contributed by atoms with Crippen LogP contribution in [0.4, 0.5) is 5.95 Å². The number of halogens is 2. The van der Waals surface area contributed by atoms with Crippen LogP contribution in [0.5, 0.6) is 0 Å². The molecule has 0 radical (unpaired) electrons. The van der Waals surface area contributed by atoms with E-state index in [1.807, 2.05) is 22.4 Å². The lowest BCUT2D eigenvalue weighted by molar-refractivity contribution is 0.712. The molecule has 0 amide bonds. The van der Waals surface area contributed by atoms with Crippen molar-refractivity contribution in [1.82, 2.24) is 9.55 Å². The van der Waals surface area contributed by atoms with Gasteiger partial charge in [0, 0.05) is 6.54 Å². The van der Waals surface area contributed by atoms with Gasteiger partial charge in [-0.05, 0) is 30.6 Å². The standard InChI is InChI=1S/C11H13Cl2N3S/c1-17-4-2-3-16-10-6-8(13)7(12)5-9(10)15-11(16)14/h5-6H,2-4H2,1H3,(H2,14,15). The van der Waals surface area contributed by atoms with Crippen LogP contribution in [-0.4, -0.2) is 21.6 Å². The van der Waals surface area contributed by atoms with E-state index in [2.05, 4.69) is 11.2 Å². The van der Waals surface area contributed by atoms with Crippen LogP contribution in [-0.2, 0) is 6.54 Å². The zero-order valence-corrected chi connectivity index (χ0v) is 11.7. The molecule has 0 aliphatic heterocycles. The molecule has 0 saturated heterocycles. The summed E-state index contributed by atoms with van der Waals surface area (Å²) in [7, 11) is 0. The minimum atomic E-state index is 0.507. The lowest BCUT2D eigenvalue weighted by atomic mass is 10.3. The van der Waals surface area contributed by atoms with Crippen molar-refractivity contribution in [3.63, 3.8) is 0 Å². The minimum absolute atomic E-state index is 0.507. The molecule has 0 atom stereocenters. The van der Waals surface area contributed by atoms with Gasteiger partial charge in [-0.1, -0.05) is 23.2 Å². The third-order valence-corrected chi connectivity index (χ3v) is 3.97. The molecule has 3 nitrogen and oxygen atoms in total. The monoisotopic (exact) mass is 289 g/mol. The highest BCUT2D eigenvalue weighted by Crippen LogP contribution is 2.29. The number of aromatic nitrogens is 2. The lowest BCUT2D eigenvalue weighted by Gasteiger charge is -2.06. The smallest absolute Gasteiger partial charge is 0.201 e. The fraction of sp³-hybridized carbons (Fsp3) is 0.364. The quantitative estimate of drug-likeness (QED) is 0.874. The maximum atomic E-state index is 6.01. The zero-order valence-electron chi connectivity index (χ0n) is 9.41. The Hall–Kier alpha value is -0.580. The van der Waals surface area contributed by atoms with Crippen molar-refractivity contribution in [2.45, 2.75) is 13.0 Å². The summed E-state index contributed by atoms with van der Waals surface area (Å²) in [4.78, 5) is 4.28. The Labute approximate surface area is 114 Å². The van der Waals surface area contributed by atoms with Crippen molar-refractivity contribution in [3.05, 3.63) is 22.2 Å². The molecule has 0 saturated carbocycles. The predicted octanol–water partition coefficient (Wildman–Crippen LogP) is 3.68. The molecule has 92 valence electrons. The second kappa shape index (κ2) is 5.38. The molecular formula is C11H13Cl2N3S. The maximum Gasteiger partial charge on any atom is 0.201 e. The Kier molecular flexibility index (Phi) is 4.07. The third-order valence-electron chi connectivity index (χ3n) is 2.55. The number of rotatable bonds is 4. The first-order chi connectivity index (χ1) is 8.13. The van der Waals surface area contributed by atoms with Gasteiger partial charge in [-0.3, -0.25) is 0 Å². The summed E-state index contributed by atoms with van der Waals surface area (Å²) in [6.45, 7) is 0.848.